The van der Waals surface area contributed by atoms with Crippen molar-refractivity contribution in [3.05, 3.63) is 15.9 Å². The van der Waals surface area contributed by atoms with Gasteiger partial charge in [-0.2, -0.15) is 5.10 Å². The second kappa shape index (κ2) is 5.11. The van der Waals surface area contributed by atoms with Gasteiger partial charge in [-0.3, -0.25) is 4.68 Å². The van der Waals surface area contributed by atoms with E-state index in [0.29, 0.717) is 5.41 Å². The molecule has 1 aromatic rings. The first-order valence-electron chi connectivity index (χ1n) is 6.60. The second-order valence-corrected chi connectivity index (χ2v) is 5.80. The van der Waals surface area contributed by atoms with E-state index in [0.717, 1.165) is 32.5 Å². The van der Waals surface area contributed by atoms with Gasteiger partial charge in [0.2, 0.25) is 0 Å². The summed E-state index contributed by atoms with van der Waals surface area (Å²) in [7, 11) is 0. The smallest absolute Gasteiger partial charge is 0.0766 e. The van der Waals surface area contributed by atoms with Crippen molar-refractivity contribution in [2.75, 3.05) is 13.1 Å². The Balaban J connectivity index is 2.27. The zero-order chi connectivity index (χ0) is 12.5. The molecule has 17 heavy (non-hydrogen) atoms. The van der Waals surface area contributed by atoms with Crippen molar-refractivity contribution in [2.45, 2.75) is 46.6 Å². The maximum absolute atomic E-state index is 4.67. The Morgan fingerprint density at radius 3 is 2.47 bits per heavy atom. The van der Waals surface area contributed by atoms with Crippen LogP contribution >= 0.6 is 15.9 Å². The van der Waals surface area contributed by atoms with Gasteiger partial charge in [0.15, 0.2) is 0 Å². The molecule has 0 atom stereocenters. The van der Waals surface area contributed by atoms with Crippen molar-refractivity contribution in [3.63, 3.8) is 0 Å². The average molecular weight is 300 g/mol. The predicted molar refractivity (Wildman–Crippen MR) is 74.3 cm³/mol. The van der Waals surface area contributed by atoms with Crippen LogP contribution in [0.4, 0.5) is 0 Å². The van der Waals surface area contributed by atoms with Crippen LogP contribution in [-0.2, 0) is 19.4 Å². The van der Waals surface area contributed by atoms with Crippen molar-refractivity contribution in [2.24, 2.45) is 5.41 Å². The molecule has 2 heterocycles. The lowest BCUT2D eigenvalue weighted by molar-refractivity contribution is 0.156. The fraction of sp³-hybridized carbons (Fsp3) is 0.769. The van der Waals surface area contributed by atoms with Gasteiger partial charge in [-0.05, 0) is 42.1 Å². The van der Waals surface area contributed by atoms with Crippen molar-refractivity contribution in [1.29, 1.82) is 0 Å². The van der Waals surface area contributed by atoms with E-state index in [9.17, 15) is 0 Å². The van der Waals surface area contributed by atoms with Gasteiger partial charge < -0.3 is 5.32 Å². The van der Waals surface area contributed by atoms with E-state index in [2.05, 4.69) is 51.8 Å². The molecule has 1 aliphatic rings. The van der Waals surface area contributed by atoms with Gasteiger partial charge in [0.25, 0.3) is 0 Å². The summed E-state index contributed by atoms with van der Waals surface area (Å²) in [5.41, 5.74) is 3.04. The molecule has 0 aliphatic carbocycles. The fourth-order valence-corrected chi connectivity index (χ4v) is 3.22. The van der Waals surface area contributed by atoms with E-state index in [1.54, 1.807) is 0 Å². The maximum atomic E-state index is 4.67. The van der Waals surface area contributed by atoms with Gasteiger partial charge >= 0.3 is 0 Å². The highest BCUT2D eigenvalue weighted by Gasteiger charge is 2.36. The Hall–Kier alpha value is -0.350. The van der Waals surface area contributed by atoms with E-state index in [-0.39, 0.29) is 0 Å². The van der Waals surface area contributed by atoms with E-state index in [1.165, 1.54) is 22.3 Å². The summed E-state index contributed by atoms with van der Waals surface area (Å²) < 4.78 is 3.40. The van der Waals surface area contributed by atoms with Crippen LogP contribution in [0.3, 0.4) is 0 Å². The van der Waals surface area contributed by atoms with Crippen LogP contribution in [0.2, 0.25) is 0 Å². The highest BCUT2D eigenvalue weighted by atomic mass is 79.9. The SMILES string of the molecule is CCc1nn(CC)c(CC2(CC)CNC2)c1Br. The zero-order valence-corrected chi connectivity index (χ0v) is 12.6. The summed E-state index contributed by atoms with van der Waals surface area (Å²) in [6, 6.07) is 0. The summed E-state index contributed by atoms with van der Waals surface area (Å²) in [6.45, 7) is 9.87. The monoisotopic (exact) mass is 299 g/mol. The number of nitrogens with one attached hydrogen (secondary N) is 1. The van der Waals surface area contributed by atoms with Gasteiger partial charge in [-0.25, -0.2) is 0 Å². The molecular formula is C13H22BrN3. The summed E-state index contributed by atoms with van der Waals surface area (Å²) in [5.74, 6) is 0. The third-order valence-corrected chi connectivity index (χ3v) is 4.90. The highest BCUT2D eigenvalue weighted by molar-refractivity contribution is 9.10. The minimum atomic E-state index is 0.459. The molecule has 0 radical (unpaired) electrons. The summed E-state index contributed by atoms with van der Waals surface area (Å²) in [5, 5.41) is 8.08. The molecule has 0 bridgehead atoms. The summed E-state index contributed by atoms with van der Waals surface area (Å²) >= 11 is 3.73. The van der Waals surface area contributed by atoms with Gasteiger partial charge in [-0.15, -0.1) is 0 Å². The highest BCUT2D eigenvalue weighted by Crippen LogP contribution is 2.34. The quantitative estimate of drug-likeness (QED) is 0.906. The van der Waals surface area contributed by atoms with Crippen LogP contribution in [0.15, 0.2) is 4.47 Å². The van der Waals surface area contributed by atoms with E-state index < -0.39 is 0 Å². The molecule has 0 unspecified atom stereocenters. The molecule has 0 spiro atoms. The molecule has 3 nitrogen and oxygen atoms in total. The van der Waals surface area contributed by atoms with Gasteiger partial charge in [0.1, 0.15) is 0 Å². The standard InChI is InChI=1S/C13H22BrN3/c1-4-10-12(14)11(17(6-3)16-10)7-13(5-2)8-15-9-13/h15H,4-9H2,1-3H3. The molecule has 4 heteroatoms. The Kier molecular flexibility index (Phi) is 3.93. The van der Waals surface area contributed by atoms with Crippen LogP contribution < -0.4 is 5.32 Å². The van der Waals surface area contributed by atoms with Crippen LogP contribution in [0.5, 0.6) is 0 Å². The molecule has 0 saturated carbocycles. The Bertz CT molecular complexity index is 388. The van der Waals surface area contributed by atoms with E-state index in [4.69, 9.17) is 0 Å². The van der Waals surface area contributed by atoms with Crippen LogP contribution in [0, 0.1) is 5.41 Å². The third kappa shape index (κ3) is 2.29. The molecule has 1 fully saturated rings. The average Bonchev–Trinajstić information content (AvgIpc) is 2.60. The number of halogens is 1. The minimum Gasteiger partial charge on any atom is -0.316 e. The normalized spacial score (nSPS) is 18.1. The maximum Gasteiger partial charge on any atom is 0.0766 e. The Labute approximate surface area is 112 Å². The van der Waals surface area contributed by atoms with Gasteiger partial charge in [0.05, 0.1) is 15.9 Å². The number of hydrogen-bond donors (Lipinski definition) is 1. The zero-order valence-electron chi connectivity index (χ0n) is 11.0. The van der Waals surface area contributed by atoms with Gasteiger partial charge in [-0.1, -0.05) is 13.8 Å². The molecule has 2 rings (SSSR count). The molecule has 1 saturated heterocycles. The lowest BCUT2D eigenvalue weighted by atomic mass is 9.75. The topological polar surface area (TPSA) is 29.9 Å². The van der Waals surface area contributed by atoms with Crippen LogP contribution in [0.1, 0.15) is 38.6 Å². The van der Waals surface area contributed by atoms with E-state index in [1.807, 2.05) is 0 Å². The van der Waals surface area contributed by atoms with Crippen LogP contribution in [-0.4, -0.2) is 22.9 Å². The number of aromatic nitrogens is 2. The Morgan fingerprint density at radius 1 is 1.35 bits per heavy atom. The van der Waals surface area contributed by atoms with Crippen molar-refractivity contribution >= 4 is 15.9 Å². The summed E-state index contributed by atoms with van der Waals surface area (Å²) in [4.78, 5) is 0. The largest absolute Gasteiger partial charge is 0.316 e. The first-order valence-corrected chi connectivity index (χ1v) is 7.40. The molecule has 0 amide bonds. The third-order valence-electron chi connectivity index (χ3n) is 3.99. The minimum absolute atomic E-state index is 0.459. The second-order valence-electron chi connectivity index (χ2n) is 5.01. The number of rotatable bonds is 5. The number of hydrogen-bond acceptors (Lipinski definition) is 2. The van der Waals surface area contributed by atoms with Crippen LogP contribution in [0.25, 0.3) is 0 Å². The first-order chi connectivity index (χ1) is 8.15. The lowest BCUT2D eigenvalue weighted by Gasteiger charge is -2.42. The molecule has 1 aromatic heterocycles. The molecule has 1 aliphatic heterocycles. The Morgan fingerprint density at radius 2 is 2.06 bits per heavy atom. The van der Waals surface area contributed by atoms with Crippen molar-refractivity contribution in [3.8, 4) is 0 Å². The molecular weight excluding hydrogens is 278 g/mol. The predicted octanol–water partition coefficient (Wildman–Crippen LogP) is 2.77. The number of nitrogens with zero attached hydrogens (tertiary/aromatic N) is 2. The summed E-state index contributed by atoms with van der Waals surface area (Å²) in [6.07, 6.45) is 3.37. The molecule has 0 aromatic carbocycles. The van der Waals surface area contributed by atoms with Crippen molar-refractivity contribution < 1.29 is 0 Å². The number of aryl methyl sites for hydroxylation is 2. The van der Waals surface area contributed by atoms with E-state index >= 15 is 0 Å². The molecule has 1 N–H and O–H groups in total. The van der Waals surface area contributed by atoms with Crippen molar-refractivity contribution in [1.82, 2.24) is 15.1 Å². The molecule has 96 valence electrons. The van der Waals surface area contributed by atoms with Gasteiger partial charge in [0, 0.05) is 25.0 Å². The fourth-order valence-electron chi connectivity index (χ4n) is 2.52. The first kappa shape index (κ1) is 13.1. The lowest BCUT2D eigenvalue weighted by Crippen LogP contribution is -2.54.